The van der Waals surface area contributed by atoms with E-state index in [1.165, 1.54) is 0 Å². The van der Waals surface area contributed by atoms with Crippen molar-refractivity contribution in [2.24, 2.45) is 5.92 Å². The molecule has 0 spiro atoms. The summed E-state index contributed by atoms with van der Waals surface area (Å²) >= 11 is 0. The maximum atomic E-state index is 12.3. The zero-order valence-corrected chi connectivity index (χ0v) is 13.3. The predicted octanol–water partition coefficient (Wildman–Crippen LogP) is 1.34. The smallest absolute Gasteiger partial charge is 0.224 e. The molecule has 0 bridgehead atoms. The van der Waals surface area contributed by atoms with Gasteiger partial charge in [0.1, 0.15) is 12.1 Å². The third-order valence-corrected chi connectivity index (χ3v) is 4.19. The van der Waals surface area contributed by atoms with Gasteiger partial charge in [-0.25, -0.2) is 9.97 Å². The number of nitrogens with one attached hydrogen (secondary N) is 1. The van der Waals surface area contributed by atoms with E-state index in [1.54, 1.807) is 13.3 Å². The molecule has 1 aliphatic rings. The lowest BCUT2D eigenvalue weighted by atomic mass is 9.96. The van der Waals surface area contributed by atoms with Crippen LogP contribution in [0.15, 0.2) is 30.6 Å². The number of fused-ring (bicyclic) bond motifs is 1. The van der Waals surface area contributed by atoms with Gasteiger partial charge in [-0.3, -0.25) is 4.79 Å². The molecule has 1 saturated heterocycles. The largest absolute Gasteiger partial charge is 0.392 e. The molecule has 2 N–H and O–H groups in total. The fourth-order valence-corrected chi connectivity index (χ4v) is 3.02. The average molecular weight is 314 g/mol. The van der Waals surface area contributed by atoms with Crippen LogP contribution in [0.4, 0.5) is 5.82 Å². The predicted molar refractivity (Wildman–Crippen MR) is 89.2 cm³/mol. The third-order valence-electron chi connectivity index (χ3n) is 4.19. The van der Waals surface area contributed by atoms with Gasteiger partial charge in [-0.2, -0.15) is 0 Å². The van der Waals surface area contributed by atoms with Crippen LogP contribution < -0.4 is 10.2 Å². The molecule has 6 heteroatoms. The number of benzene rings is 1. The Hall–Kier alpha value is -2.21. The lowest BCUT2D eigenvalue weighted by Gasteiger charge is -2.33. The molecule has 2 heterocycles. The molecule has 3 rings (SSSR count). The number of nitrogens with zero attached hydrogens (tertiary/aromatic N) is 3. The fourth-order valence-electron chi connectivity index (χ4n) is 3.02. The molecule has 2 unspecified atom stereocenters. The molecule has 23 heavy (non-hydrogen) atoms. The Morgan fingerprint density at radius 2 is 2.26 bits per heavy atom. The summed E-state index contributed by atoms with van der Waals surface area (Å²) in [5.41, 5.74) is 0.915. The molecular weight excluding hydrogens is 292 g/mol. The van der Waals surface area contributed by atoms with Crippen LogP contribution in [0, 0.1) is 5.92 Å². The van der Waals surface area contributed by atoms with E-state index in [-0.39, 0.29) is 11.8 Å². The minimum absolute atomic E-state index is 0.00830. The van der Waals surface area contributed by atoms with Crippen LogP contribution in [0.3, 0.4) is 0 Å². The van der Waals surface area contributed by atoms with Crippen LogP contribution in [0.25, 0.3) is 10.9 Å². The summed E-state index contributed by atoms with van der Waals surface area (Å²) in [7, 11) is 0. The summed E-state index contributed by atoms with van der Waals surface area (Å²) in [6.45, 7) is 3.50. The van der Waals surface area contributed by atoms with E-state index in [0.29, 0.717) is 13.1 Å². The molecule has 0 saturated carbocycles. The molecule has 0 radical (unpaired) electrons. The Morgan fingerprint density at radius 3 is 3.09 bits per heavy atom. The Balaban J connectivity index is 1.76. The molecule has 1 aromatic carbocycles. The van der Waals surface area contributed by atoms with Gasteiger partial charge in [0.25, 0.3) is 0 Å². The number of hydrogen-bond donors (Lipinski definition) is 2. The van der Waals surface area contributed by atoms with E-state index < -0.39 is 6.10 Å². The normalized spacial score (nSPS) is 19.6. The summed E-state index contributed by atoms with van der Waals surface area (Å²) in [5, 5.41) is 13.1. The van der Waals surface area contributed by atoms with Crippen molar-refractivity contribution in [1.82, 2.24) is 15.3 Å². The van der Waals surface area contributed by atoms with Gasteiger partial charge in [-0.1, -0.05) is 12.1 Å². The van der Waals surface area contributed by atoms with Gasteiger partial charge in [0.2, 0.25) is 5.91 Å². The number of aromatic nitrogens is 2. The van der Waals surface area contributed by atoms with Gasteiger partial charge in [-0.15, -0.1) is 0 Å². The van der Waals surface area contributed by atoms with Gasteiger partial charge in [-0.05, 0) is 31.9 Å². The number of anilines is 1. The Labute approximate surface area is 135 Å². The Morgan fingerprint density at radius 1 is 1.43 bits per heavy atom. The van der Waals surface area contributed by atoms with Crippen molar-refractivity contribution in [3.05, 3.63) is 30.6 Å². The first kappa shape index (κ1) is 15.7. The minimum Gasteiger partial charge on any atom is -0.392 e. The number of aliphatic hydroxyl groups is 1. The summed E-state index contributed by atoms with van der Waals surface area (Å²) < 4.78 is 0. The fraction of sp³-hybridized carbons (Fsp3) is 0.471. The van der Waals surface area contributed by atoms with E-state index in [4.69, 9.17) is 0 Å². The molecule has 1 amide bonds. The van der Waals surface area contributed by atoms with Crippen LogP contribution in [0.2, 0.25) is 0 Å². The zero-order valence-electron chi connectivity index (χ0n) is 13.3. The van der Waals surface area contributed by atoms with Crippen molar-refractivity contribution in [3.63, 3.8) is 0 Å². The summed E-state index contributed by atoms with van der Waals surface area (Å²) in [6.07, 6.45) is 2.87. The summed E-state index contributed by atoms with van der Waals surface area (Å²) in [4.78, 5) is 23.2. The number of carbonyl (C=O) groups is 1. The number of carbonyl (C=O) groups excluding carboxylic acids is 1. The summed E-state index contributed by atoms with van der Waals surface area (Å²) in [6, 6.07) is 7.92. The Kier molecular flexibility index (Phi) is 4.71. The van der Waals surface area contributed by atoms with Crippen LogP contribution >= 0.6 is 0 Å². The van der Waals surface area contributed by atoms with E-state index in [1.807, 2.05) is 24.3 Å². The first-order chi connectivity index (χ1) is 11.1. The zero-order chi connectivity index (χ0) is 16.2. The van der Waals surface area contributed by atoms with Gasteiger partial charge in [0, 0.05) is 25.0 Å². The molecule has 1 aromatic heterocycles. The van der Waals surface area contributed by atoms with Crippen molar-refractivity contribution >= 4 is 22.6 Å². The summed E-state index contributed by atoms with van der Waals surface area (Å²) in [5.74, 6) is 0.828. The highest BCUT2D eigenvalue weighted by Crippen LogP contribution is 2.27. The average Bonchev–Trinajstić information content (AvgIpc) is 2.59. The number of hydrogen-bond acceptors (Lipinski definition) is 5. The number of amides is 1. The highest BCUT2D eigenvalue weighted by atomic mass is 16.3. The highest BCUT2D eigenvalue weighted by Gasteiger charge is 2.27. The highest BCUT2D eigenvalue weighted by molar-refractivity contribution is 5.89. The maximum Gasteiger partial charge on any atom is 0.224 e. The number of aliphatic hydroxyl groups excluding tert-OH is 1. The van der Waals surface area contributed by atoms with Crippen LogP contribution in [0.5, 0.6) is 0 Å². The number of para-hydroxylation sites is 1. The van der Waals surface area contributed by atoms with E-state index in [0.717, 1.165) is 36.1 Å². The lowest BCUT2D eigenvalue weighted by molar-refractivity contribution is -0.125. The standard InChI is InChI=1S/C17H22N4O2/c1-12(22)9-18-17(23)13-5-4-8-21(10-13)16-14-6-2-3-7-15(14)19-11-20-16/h2-3,6-7,11-13,22H,4-5,8-10H2,1H3,(H,18,23). The van der Waals surface area contributed by atoms with Gasteiger partial charge in [0.05, 0.1) is 17.5 Å². The molecule has 0 aliphatic carbocycles. The Bertz CT molecular complexity index is 684. The third kappa shape index (κ3) is 3.59. The number of piperidine rings is 1. The van der Waals surface area contributed by atoms with Crippen molar-refractivity contribution in [1.29, 1.82) is 0 Å². The topological polar surface area (TPSA) is 78.4 Å². The first-order valence-corrected chi connectivity index (χ1v) is 8.05. The molecule has 122 valence electrons. The van der Waals surface area contributed by atoms with E-state index in [9.17, 15) is 9.90 Å². The van der Waals surface area contributed by atoms with Crippen LogP contribution in [-0.2, 0) is 4.79 Å². The SMILES string of the molecule is CC(O)CNC(=O)C1CCCN(c2ncnc3ccccc23)C1. The lowest BCUT2D eigenvalue weighted by Crippen LogP contribution is -2.44. The second kappa shape index (κ2) is 6.91. The number of rotatable bonds is 4. The molecule has 2 atom stereocenters. The maximum absolute atomic E-state index is 12.3. The quantitative estimate of drug-likeness (QED) is 0.890. The van der Waals surface area contributed by atoms with Crippen LogP contribution in [0.1, 0.15) is 19.8 Å². The van der Waals surface area contributed by atoms with Gasteiger partial charge < -0.3 is 15.3 Å². The first-order valence-electron chi connectivity index (χ1n) is 8.05. The van der Waals surface area contributed by atoms with Crippen molar-refractivity contribution in [2.75, 3.05) is 24.5 Å². The van der Waals surface area contributed by atoms with Crippen LogP contribution in [-0.4, -0.2) is 46.7 Å². The van der Waals surface area contributed by atoms with E-state index in [2.05, 4.69) is 20.2 Å². The monoisotopic (exact) mass is 314 g/mol. The molecule has 1 aliphatic heterocycles. The minimum atomic E-state index is -0.524. The van der Waals surface area contributed by atoms with Crippen molar-refractivity contribution in [3.8, 4) is 0 Å². The van der Waals surface area contributed by atoms with Gasteiger partial charge in [0.15, 0.2) is 0 Å². The van der Waals surface area contributed by atoms with Crippen molar-refractivity contribution in [2.45, 2.75) is 25.9 Å². The molecule has 6 nitrogen and oxygen atoms in total. The molecule has 1 fully saturated rings. The second-order valence-electron chi connectivity index (χ2n) is 6.09. The second-order valence-corrected chi connectivity index (χ2v) is 6.09. The van der Waals surface area contributed by atoms with Crippen molar-refractivity contribution < 1.29 is 9.90 Å². The molecular formula is C17H22N4O2. The molecule has 2 aromatic rings. The van der Waals surface area contributed by atoms with E-state index >= 15 is 0 Å². The van der Waals surface area contributed by atoms with Gasteiger partial charge >= 0.3 is 0 Å².